The van der Waals surface area contributed by atoms with Crippen molar-refractivity contribution in [1.29, 1.82) is 0 Å². The van der Waals surface area contributed by atoms with Crippen molar-refractivity contribution in [2.75, 3.05) is 6.54 Å². The first-order valence-corrected chi connectivity index (χ1v) is 6.28. The van der Waals surface area contributed by atoms with Gasteiger partial charge in [0.1, 0.15) is 0 Å². The summed E-state index contributed by atoms with van der Waals surface area (Å²) in [5.41, 5.74) is 10.4. The van der Waals surface area contributed by atoms with E-state index in [1.54, 1.807) is 0 Å². The molecule has 1 heterocycles. The number of aromatic amines is 2. The van der Waals surface area contributed by atoms with Crippen LogP contribution >= 0.6 is 0 Å². The second-order valence-electron chi connectivity index (χ2n) is 4.54. The van der Waals surface area contributed by atoms with Gasteiger partial charge in [0.2, 0.25) is 0 Å². The number of imidazole rings is 1. The van der Waals surface area contributed by atoms with Gasteiger partial charge in [-0.25, -0.2) is 4.79 Å². The van der Waals surface area contributed by atoms with Crippen LogP contribution < -0.4 is 11.4 Å². The lowest BCUT2D eigenvalue weighted by atomic mass is 10.0. The standard InChI is InChI=1S/C15H15N3O/c16-9-8-10-4-6-11(7-5-10)12-2-1-3-13-14(12)18-15(19)17-13/h1-7H,8-9,16H2,(H2,17,18,19). The maximum absolute atomic E-state index is 11.4. The molecule has 0 fully saturated rings. The Labute approximate surface area is 110 Å². The third-order valence-electron chi connectivity index (χ3n) is 3.25. The van der Waals surface area contributed by atoms with E-state index in [0.717, 1.165) is 28.6 Å². The average molecular weight is 253 g/mol. The van der Waals surface area contributed by atoms with Crippen molar-refractivity contribution < 1.29 is 0 Å². The van der Waals surface area contributed by atoms with Crippen LogP contribution in [0.4, 0.5) is 0 Å². The molecule has 3 rings (SSSR count). The van der Waals surface area contributed by atoms with Crippen molar-refractivity contribution >= 4 is 11.0 Å². The van der Waals surface area contributed by atoms with Crippen molar-refractivity contribution in [2.45, 2.75) is 6.42 Å². The van der Waals surface area contributed by atoms with E-state index < -0.39 is 0 Å². The molecule has 0 radical (unpaired) electrons. The number of hydrogen-bond acceptors (Lipinski definition) is 2. The molecule has 1 aromatic heterocycles. The highest BCUT2D eigenvalue weighted by molar-refractivity contribution is 5.91. The zero-order valence-corrected chi connectivity index (χ0v) is 10.4. The molecular formula is C15H15N3O. The normalized spacial score (nSPS) is 11.0. The van der Waals surface area contributed by atoms with Gasteiger partial charge in [-0.15, -0.1) is 0 Å². The Kier molecular flexibility index (Phi) is 2.93. The molecule has 0 amide bonds. The molecule has 0 unspecified atom stereocenters. The number of fused-ring (bicyclic) bond motifs is 1. The Morgan fingerprint density at radius 2 is 1.79 bits per heavy atom. The van der Waals surface area contributed by atoms with Crippen molar-refractivity contribution in [2.24, 2.45) is 5.73 Å². The zero-order valence-electron chi connectivity index (χ0n) is 10.4. The van der Waals surface area contributed by atoms with Crippen LogP contribution in [0.15, 0.2) is 47.3 Å². The van der Waals surface area contributed by atoms with Crippen LogP contribution in [0.2, 0.25) is 0 Å². The van der Waals surface area contributed by atoms with Gasteiger partial charge in [-0.05, 0) is 30.2 Å². The quantitative estimate of drug-likeness (QED) is 0.668. The second kappa shape index (κ2) is 4.74. The van der Waals surface area contributed by atoms with E-state index in [4.69, 9.17) is 5.73 Å². The van der Waals surface area contributed by atoms with E-state index in [2.05, 4.69) is 34.2 Å². The van der Waals surface area contributed by atoms with Crippen molar-refractivity contribution in [3.63, 3.8) is 0 Å². The first kappa shape index (κ1) is 11.7. The number of rotatable bonds is 3. The molecule has 0 bridgehead atoms. The minimum Gasteiger partial charge on any atom is -0.330 e. The Hall–Kier alpha value is -2.33. The molecule has 19 heavy (non-hydrogen) atoms. The van der Waals surface area contributed by atoms with Gasteiger partial charge in [-0.1, -0.05) is 36.4 Å². The van der Waals surface area contributed by atoms with Gasteiger partial charge in [0.15, 0.2) is 0 Å². The number of nitrogens with two attached hydrogens (primary N) is 1. The third-order valence-corrected chi connectivity index (χ3v) is 3.25. The Morgan fingerprint density at radius 3 is 2.53 bits per heavy atom. The molecular weight excluding hydrogens is 238 g/mol. The van der Waals surface area contributed by atoms with Crippen LogP contribution in [0.1, 0.15) is 5.56 Å². The summed E-state index contributed by atoms with van der Waals surface area (Å²) in [6, 6.07) is 14.1. The highest BCUT2D eigenvalue weighted by Gasteiger charge is 2.06. The van der Waals surface area contributed by atoms with E-state index >= 15 is 0 Å². The smallest absolute Gasteiger partial charge is 0.323 e. The summed E-state index contributed by atoms with van der Waals surface area (Å²) in [5, 5.41) is 0. The number of hydrogen-bond donors (Lipinski definition) is 3. The number of para-hydroxylation sites is 1. The van der Waals surface area contributed by atoms with Crippen molar-refractivity contribution in [3.8, 4) is 11.1 Å². The summed E-state index contributed by atoms with van der Waals surface area (Å²) in [7, 11) is 0. The summed E-state index contributed by atoms with van der Waals surface area (Å²) in [4.78, 5) is 17.0. The third kappa shape index (κ3) is 2.18. The second-order valence-corrected chi connectivity index (χ2v) is 4.54. The van der Waals surface area contributed by atoms with Crippen LogP contribution in [0, 0.1) is 0 Å². The van der Waals surface area contributed by atoms with Crippen LogP contribution in [-0.2, 0) is 6.42 Å². The predicted molar refractivity (Wildman–Crippen MR) is 77.1 cm³/mol. The van der Waals surface area contributed by atoms with E-state index in [1.807, 2.05) is 18.2 Å². The Morgan fingerprint density at radius 1 is 1.00 bits per heavy atom. The van der Waals surface area contributed by atoms with Gasteiger partial charge in [0.25, 0.3) is 0 Å². The zero-order chi connectivity index (χ0) is 13.2. The first-order valence-electron chi connectivity index (χ1n) is 6.28. The largest absolute Gasteiger partial charge is 0.330 e. The lowest BCUT2D eigenvalue weighted by molar-refractivity contribution is 0.969. The van der Waals surface area contributed by atoms with Crippen molar-refractivity contribution in [3.05, 3.63) is 58.5 Å². The highest BCUT2D eigenvalue weighted by atomic mass is 16.1. The average Bonchev–Trinajstić information content (AvgIpc) is 2.80. The molecule has 0 atom stereocenters. The minimum atomic E-state index is -0.179. The highest BCUT2D eigenvalue weighted by Crippen LogP contribution is 2.25. The van der Waals surface area contributed by atoms with Crippen LogP contribution in [0.5, 0.6) is 0 Å². The molecule has 4 nitrogen and oxygen atoms in total. The Bertz CT molecular complexity index is 753. The van der Waals surface area contributed by atoms with Gasteiger partial charge in [0, 0.05) is 5.56 Å². The molecule has 0 aliphatic carbocycles. The molecule has 2 aromatic carbocycles. The van der Waals surface area contributed by atoms with Gasteiger partial charge in [-0.2, -0.15) is 0 Å². The van der Waals surface area contributed by atoms with Gasteiger partial charge in [-0.3, -0.25) is 0 Å². The molecule has 0 saturated carbocycles. The van der Waals surface area contributed by atoms with E-state index in [-0.39, 0.29) is 5.69 Å². The fourth-order valence-corrected chi connectivity index (χ4v) is 2.32. The minimum absolute atomic E-state index is 0.179. The van der Waals surface area contributed by atoms with Gasteiger partial charge >= 0.3 is 5.69 Å². The van der Waals surface area contributed by atoms with E-state index in [9.17, 15) is 4.79 Å². The number of nitrogens with one attached hydrogen (secondary N) is 2. The molecule has 4 N–H and O–H groups in total. The molecule has 4 heteroatoms. The summed E-state index contributed by atoms with van der Waals surface area (Å²) in [6.45, 7) is 0.653. The topological polar surface area (TPSA) is 74.7 Å². The predicted octanol–water partition coefficient (Wildman–Crippen LogP) is 2.02. The van der Waals surface area contributed by atoms with Crippen LogP contribution in [0.25, 0.3) is 22.2 Å². The summed E-state index contributed by atoms with van der Waals surface area (Å²) in [5.74, 6) is 0. The lowest BCUT2D eigenvalue weighted by Crippen LogP contribution is -2.02. The lowest BCUT2D eigenvalue weighted by Gasteiger charge is -2.05. The van der Waals surface area contributed by atoms with Gasteiger partial charge in [0.05, 0.1) is 11.0 Å². The summed E-state index contributed by atoms with van der Waals surface area (Å²) >= 11 is 0. The molecule has 0 spiro atoms. The van der Waals surface area contributed by atoms with Crippen molar-refractivity contribution in [1.82, 2.24) is 9.97 Å². The van der Waals surface area contributed by atoms with E-state index in [1.165, 1.54) is 5.56 Å². The number of aromatic nitrogens is 2. The van der Waals surface area contributed by atoms with Crippen LogP contribution in [-0.4, -0.2) is 16.5 Å². The maximum atomic E-state index is 11.4. The Balaban J connectivity index is 2.10. The fraction of sp³-hybridized carbons (Fsp3) is 0.133. The monoisotopic (exact) mass is 253 g/mol. The number of benzene rings is 2. The van der Waals surface area contributed by atoms with E-state index in [0.29, 0.717) is 6.54 Å². The first-order chi connectivity index (χ1) is 9.28. The summed E-state index contributed by atoms with van der Waals surface area (Å²) < 4.78 is 0. The van der Waals surface area contributed by atoms with Crippen LogP contribution in [0.3, 0.4) is 0 Å². The van der Waals surface area contributed by atoms with Gasteiger partial charge < -0.3 is 15.7 Å². The molecule has 3 aromatic rings. The number of H-pyrrole nitrogens is 2. The maximum Gasteiger partial charge on any atom is 0.323 e. The molecule has 0 aliphatic heterocycles. The fourth-order valence-electron chi connectivity index (χ4n) is 2.32. The summed E-state index contributed by atoms with van der Waals surface area (Å²) in [6.07, 6.45) is 0.880. The molecule has 0 saturated heterocycles. The SMILES string of the molecule is NCCc1ccc(-c2cccc3[nH]c(=O)[nH]c23)cc1. The molecule has 96 valence electrons. The molecule has 0 aliphatic rings.